The van der Waals surface area contributed by atoms with Gasteiger partial charge in [-0.05, 0) is 28.8 Å². The smallest absolute Gasteiger partial charge is 0.441 e. The summed E-state index contributed by atoms with van der Waals surface area (Å²) < 4.78 is 72.4. The Labute approximate surface area is 259 Å². The standard InChI is InChI=1S/C35H34F3NO6/c36-35(37,38)34(39-28-19-11-4-12-20-28)45-33-32(43-23-27-17-9-3-10-18-27)30(40)31(42-22-26-15-7-2-8-16-26)29(44-33)24-41-21-25-13-5-1-6-14-25/h1-20,29-33,40H,21-24H2/t29?,30?,31-,32?,33-/m1/s1. The zero-order valence-electron chi connectivity index (χ0n) is 24.3. The van der Waals surface area contributed by atoms with Gasteiger partial charge in [0, 0.05) is 0 Å². The molecule has 45 heavy (non-hydrogen) atoms. The van der Waals surface area contributed by atoms with E-state index in [1.165, 1.54) is 12.1 Å². The molecule has 7 nitrogen and oxygen atoms in total. The average Bonchev–Trinajstić information content (AvgIpc) is 3.05. The van der Waals surface area contributed by atoms with Gasteiger partial charge in [-0.2, -0.15) is 13.2 Å². The zero-order valence-corrected chi connectivity index (χ0v) is 24.3. The maximum atomic E-state index is 14.2. The summed E-state index contributed by atoms with van der Waals surface area (Å²) in [7, 11) is 0. The highest BCUT2D eigenvalue weighted by Gasteiger charge is 2.51. The van der Waals surface area contributed by atoms with Crippen LogP contribution in [0.4, 0.5) is 18.9 Å². The van der Waals surface area contributed by atoms with Crippen LogP contribution in [0.25, 0.3) is 0 Å². The first-order chi connectivity index (χ1) is 21.9. The van der Waals surface area contributed by atoms with E-state index in [1.807, 2.05) is 66.7 Å². The molecule has 4 aromatic carbocycles. The first-order valence-electron chi connectivity index (χ1n) is 14.5. The monoisotopic (exact) mass is 621 g/mol. The lowest BCUT2D eigenvalue weighted by molar-refractivity contribution is -0.307. The fraction of sp³-hybridized carbons (Fsp3) is 0.286. The van der Waals surface area contributed by atoms with Crippen LogP contribution in [0, 0.1) is 0 Å². The third-order valence-corrected chi connectivity index (χ3v) is 7.04. The second-order valence-corrected chi connectivity index (χ2v) is 10.4. The van der Waals surface area contributed by atoms with Crippen molar-refractivity contribution in [2.75, 3.05) is 6.61 Å². The summed E-state index contributed by atoms with van der Waals surface area (Å²) in [6.45, 7) is 0.198. The van der Waals surface area contributed by atoms with Crippen molar-refractivity contribution in [3.8, 4) is 0 Å². The van der Waals surface area contributed by atoms with E-state index < -0.39 is 42.8 Å². The summed E-state index contributed by atoms with van der Waals surface area (Å²) >= 11 is 0. The van der Waals surface area contributed by atoms with Gasteiger partial charge < -0.3 is 28.8 Å². The van der Waals surface area contributed by atoms with Gasteiger partial charge in [-0.25, -0.2) is 4.99 Å². The molecule has 0 amide bonds. The van der Waals surface area contributed by atoms with Crippen molar-refractivity contribution in [3.05, 3.63) is 138 Å². The average molecular weight is 622 g/mol. The van der Waals surface area contributed by atoms with E-state index in [1.54, 1.807) is 42.5 Å². The number of aliphatic hydroxyl groups excluding tert-OH is 1. The topological polar surface area (TPSA) is 78.7 Å². The molecule has 0 aromatic heterocycles. The van der Waals surface area contributed by atoms with Crippen LogP contribution >= 0.6 is 0 Å². The molecule has 1 heterocycles. The predicted octanol–water partition coefficient (Wildman–Crippen LogP) is 6.77. The van der Waals surface area contributed by atoms with E-state index in [2.05, 4.69) is 4.99 Å². The number of hydrogen-bond acceptors (Lipinski definition) is 7. The Morgan fingerprint density at radius 2 is 1.13 bits per heavy atom. The molecular formula is C35H34F3NO6. The number of aliphatic imine (C=N–C) groups is 1. The van der Waals surface area contributed by atoms with Crippen molar-refractivity contribution in [2.45, 2.75) is 56.7 Å². The van der Waals surface area contributed by atoms with Crippen LogP contribution in [0.1, 0.15) is 16.7 Å². The molecule has 0 radical (unpaired) electrons. The Morgan fingerprint density at radius 3 is 1.64 bits per heavy atom. The zero-order chi connectivity index (χ0) is 31.5. The van der Waals surface area contributed by atoms with Crippen molar-refractivity contribution in [1.82, 2.24) is 0 Å². The fourth-order valence-electron chi connectivity index (χ4n) is 4.79. The Hall–Kier alpha value is -4.06. The number of alkyl halides is 3. The van der Waals surface area contributed by atoms with Crippen LogP contribution in [0.3, 0.4) is 0 Å². The molecule has 1 aliphatic heterocycles. The highest BCUT2D eigenvalue weighted by atomic mass is 19.4. The van der Waals surface area contributed by atoms with E-state index in [4.69, 9.17) is 23.7 Å². The van der Waals surface area contributed by atoms with Crippen LogP contribution < -0.4 is 0 Å². The highest BCUT2D eigenvalue weighted by Crippen LogP contribution is 2.32. The molecule has 0 aliphatic carbocycles. The number of ether oxygens (including phenoxy) is 5. The van der Waals surface area contributed by atoms with E-state index >= 15 is 0 Å². The lowest BCUT2D eigenvalue weighted by Gasteiger charge is -2.44. The summed E-state index contributed by atoms with van der Waals surface area (Å²) in [6.07, 6.45) is -11.5. The predicted molar refractivity (Wildman–Crippen MR) is 161 cm³/mol. The first kappa shape index (κ1) is 32.3. The molecule has 0 bridgehead atoms. The largest absolute Gasteiger partial charge is 0.468 e. The van der Waals surface area contributed by atoms with Gasteiger partial charge in [0.25, 0.3) is 5.90 Å². The van der Waals surface area contributed by atoms with Crippen LogP contribution in [0.2, 0.25) is 0 Å². The minimum Gasteiger partial charge on any atom is -0.441 e. The fourth-order valence-corrected chi connectivity index (χ4v) is 4.79. The van der Waals surface area contributed by atoms with Gasteiger partial charge in [0.15, 0.2) is 0 Å². The molecule has 5 rings (SSSR count). The Morgan fingerprint density at radius 1 is 0.667 bits per heavy atom. The SMILES string of the molecule is OC1C(OCc2ccccc2)[C@@H](OC(=Nc2ccccc2)C(F)(F)F)OC(COCc2ccccc2)[C@H]1OCc1ccccc1. The van der Waals surface area contributed by atoms with Crippen LogP contribution in [-0.2, 0) is 43.5 Å². The number of aliphatic hydroxyl groups is 1. The maximum absolute atomic E-state index is 14.2. The van der Waals surface area contributed by atoms with Gasteiger partial charge in [-0.1, -0.05) is 109 Å². The minimum absolute atomic E-state index is 0.0243. The molecule has 0 spiro atoms. The molecule has 10 heteroatoms. The molecule has 3 unspecified atom stereocenters. The summed E-state index contributed by atoms with van der Waals surface area (Å²) in [5.41, 5.74) is 2.51. The van der Waals surface area contributed by atoms with Crippen LogP contribution in [-0.4, -0.2) is 54.5 Å². The molecule has 1 N–H and O–H groups in total. The van der Waals surface area contributed by atoms with Crippen molar-refractivity contribution >= 4 is 11.6 Å². The summed E-state index contributed by atoms with van der Waals surface area (Å²) in [6, 6.07) is 35.4. The van der Waals surface area contributed by atoms with Crippen LogP contribution in [0.15, 0.2) is 126 Å². The molecule has 1 aliphatic rings. The highest BCUT2D eigenvalue weighted by molar-refractivity contribution is 5.84. The van der Waals surface area contributed by atoms with Gasteiger partial charge in [0.1, 0.15) is 24.4 Å². The van der Waals surface area contributed by atoms with Gasteiger partial charge in [-0.15, -0.1) is 0 Å². The Kier molecular flexibility index (Phi) is 11.3. The summed E-state index contributed by atoms with van der Waals surface area (Å²) in [5.74, 6) is -1.54. The van der Waals surface area contributed by atoms with E-state index in [0.717, 1.165) is 16.7 Å². The molecule has 1 saturated heterocycles. The number of nitrogens with zero attached hydrogens (tertiary/aromatic N) is 1. The third kappa shape index (κ3) is 9.46. The van der Waals surface area contributed by atoms with E-state index in [0.29, 0.717) is 0 Å². The van der Waals surface area contributed by atoms with Gasteiger partial charge in [0.05, 0.1) is 32.1 Å². The second-order valence-electron chi connectivity index (χ2n) is 10.4. The number of rotatable bonds is 12. The number of halogens is 3. The number of benzene rings is 4. The molecule has 236 valence electrons. The minimum atomic E-state index is -4.96. The summed E-state index contributed by atoms with van der Waals surface area (Å²) in [4.78, 5) is 3.71. The third-order valence-electron chi connectivity index (χ3n) is 7.04. The molecule has 5 atom stereocenters. The summed E-state index contributed by atoms with van der Waals surface area (Å²) in [5, 5.41) is 11.7. The maximum Gasteiger partial charge on any atom is 0.468 e. The number of para-hydroxylation sites is 1. The second kappa shape index (κ2) is 15.8. The molecule has 4 aromatic rings. The van der Waals surface area contributed by atoms with Crippen LogP contribution in [0.5, 0.6) is 0 Å². The van der Waals surface area contributed by atoms with E-state index in [-0.39, 0.29) is 32.1 Å². The lowest BCUT2D eigenvalue weighted by atomic mass is 9.98. The van der Waals surface area contributed by atoms with Gasteiger partial charge >= 0.3 is 6.18 Å². The van der Waals surface area contributed by atoms with Gasteiger partial charge in [-0.3, -0.25) is 0 Å². The van der Waals surface area contributed by atoms with Crippen molar-refractivity contribution < 1.29 is 42.0 Å². The van der Waals surface area contributed by atoms with Crippen molar-refractivity contribution in [2.24, 2.45) is 4.99 Å². The molecule has 1 fully saturated rings. The Balaban J connectivity index is 1.42. The quantitative estimate of drug-likeness (QED) is 0.139. The molecular weight excluding hydrogens is 587 g/mol. The van der Waals surface area contributed by atoms with E-state index in [9.17, 15) is 18.3 Å². The van der Waals surface area contributed by atoms with Gasteiger partial charge in [0.2, 0.25) is 6.29 Å². The normalized spacial score (nSPS) is 22.2. The number of hydrogen-bond donors (Lipinski definition) is 1. The molecule has 0 saturated carbocycles. The van der Waals surface area contributed by atoms with Crippen molar-refractivity contribution in [3.63, 3.8) is 0 Å². The first-order valence-corrected chi connectivity index (χ1v) is 14.5. The van der Waals surface area contributed by atoms with Crippen molar-refractivity contribution in [1.29, 1.82) is 0 Å². The Bertz CT molecular complexity index is 1460. The lowest BCUT2D eigenvalue weighted by Crippen LogP contribution is -2.61.